The van der Waals surface area contributed by atoms with Crippen LogP contribution in [0.4, 0.5) is 0 Å². The Morgan fingerprint density at radius 2 is 1.93 bits per heavy atom. The molecule has 1 unspecified atom stereocenters. The number of benzene rings is 2. The van der Waals surface area contributed by atoms with E-state index in [9.17, 15) is 4.79 Å². The molecule has 1 atom stereocenters. The van der Waals surface area contributed by atoms with E-state index in [4.69, 9.17) is 27.9 Å². The lowest BCUT2D eigenvalue weighted by Gasteiger charge is -2.33. The van der Waals surface area contributed by atoms with Gasteiger partial charge < -0.3 is 10.1 Å². The molecule has 1 aliphatic heterocycles. The maximum Gasteiger partial charge on any atom is 0.251 e. The van der Waals surface area contributed by atoms with E-state index in [2.05, 4.69) is 22.3 Å². The molecule has 27 heavy (non-hydrogen) atoms. The van der Waals surface area contributed by atoms with Crippen molar-refractivity contribution in [1.82, 2.24) is 10.2 Å². The predicted octanol–water partition coefficient (Wildman–Crippen LogP) is 4.58. The predicted molar refractivity (Wildman–Crippen MR) is 110 cm³/mol. The second-order valence-corrected chi connectivity index (χ2v) is 7.48. The monoisotopic (exact) mass is 406 g/mol. The van der Waals surface area contributed by atoms with Gasteiger partial charge in [0.15, 0.2) is 0 Å². The summed E-state index contributed by atoms with van der Waals surface area (Å²) >= 11 is 11.8. The molecule has 4 nitrogen and oxygen atoms in total. The number of nitrogens with one attached hydrogen (secondary N) is 1. The van der Waals surface area contributed by atoms with Crippen LogP contribution in [-0.4, -0.2) is 43.6 Å². The number of amides is 1. The van der Waals surface area contributed by atoms with Crippen LogP contribution in [0, 0.1) is 0 Å². The quantitative estimate of drug-likeness (QED) is 0.684. The zero-order chi connectivity index (χ0) is 19.1. The van der Waals surface area contributed by atoms with Crippen LogP contribution in [0.25, 0.3) is 0 Å². The van der Waals surface area contributed by atoms with Gasteiger partial charge in [0.2, 0.25) is 0 Å². The van der Waals surface area contributed by atoms with Crippen molar-refractivity contribution >= 4 is 29.1 Å². The first kappa shape index (κ1) is 20.2. The zero-order valence-corrected chi connectivity index (χ0v) is 16.7. The van der Waals surface area contributed by atoms with Crippen LogP contribution in [0.15, 0.2) is 48.5 Å². The van der Waals surface area contributed by atoms with Crippen molar-refractivity contribution < 1.29 is 9.53 Å². The number of morpholine rings is 1. The Morgan fingerprint density at radius 3 is 2.70 bits per heavy atom. The molecule has 1 aliphatic rings. The maximum atomic E-state index is 12.1. The molecule has 144 valence electrons. The summed E-state index contributed by atoms with van der Waals surface area (Å²) in [5, 5.41) is 3.78. The van der Waals surface area contributed by atoms with Crippen LogP contribution in [0.5, 0.6) is 0 Å². The zero-order valence-electron chi connectivity index (χ0n) is 15.2. The van der Waals surface area contributed by atoms with Crippen molar-refractivity contribution in [3.63, 3.8) is 0 Å². The first-order chi connectivity index (χ1) is 13.1. The lowest BCUT2D eigenvalue weighted by Crippen LogP contribution is -2.39. The van der Waals surface area contributed by atoms with E-state index in [-0.39, 0.29) is 12.0 Å². The van der Waals surface area contributed by atoms with E-state index in [1.165, 1.54) is 5.56 Å². The lowest BCUT2D eigenvalue weighted by molar-refractivity contribution is -0.0303. The van der Waals surface area contributed by atoms with Gasteiger partial charge in [-0.15, -0.1) is 0 Å². The number of ether oxygens (including phenoxy) is 1. The van der Waals surface area contributed by atoms with Gasteiger partial charge >= 0.3 is 0 Å². The molecule has 1 fully saturated rings. The lowest BCUT2D eigenvalue weighted by atomic mass is 10.1. The fourth-order valence-corrected chi connectivity index (χ4v) is 3.47. The fraction of sp³-hybridized carbons (Fsp3) is 0.381. The summed E-state index contributed by atoms with van der Waals surface area (Å²) in [6.45, 7) is 4.28. The summed E-state index contributed by atoms with van der Waals surface area (Å²) in [6.07, 6.45) is 2.11. The molecule has 6 heteroatoms. The molecule has 3 rings (SSSR count). The Labute approximate surface area is 170 Å². The summed E-state index contributed by atoms with van der Waals surface area (Å²) in [5.74, 6) is -0.121. The number of unbranched alkanes of at least 4 members (excludes halogenated alkanes) is 1. The summed E-state index contributed by atoms with van der Waals surface area (Å²) in [7, 11) is 0. The minimum atomic E-state index is -0.121. The van der Waals surface area contributed by atoms with E-state index < -0.39 is 0 Å². The van der Waals surface area contributed by atoms with Crippen LogP contribution >= 0.6 is 23.2 Å². The van der Waals surface area contributed by atoms with Crippen molar-refractivity contribution in [2.45, 2.75) is 18.9 Å². The third kappa shape index (κ3) is 5.94. The van der Waals surface area contributed by atoms with Crippen molar-refractivity contribution in [2.24, 2.45) is 0 Å². The van der Waals surface area contributed by atoms with Gasteiger partial charge in [0.25, 0.3) is 5.91 Å². The van der Waals surface area contributed by atoms with Gasteiger partial charge in [-0.1, -0.05) is 53.5 Å². The molecule has 0 saturated carbocycles. The molecule has 0 spiro atoms. The van der Waals surface area contributed by atoms with Gasteiger partial charge in [0, 0.05) is 25.2 Å². The van der Waals surface area contributed by atoms with Crippen LogP contribution in [0.3, 0.4) is 0 Å². The number of carbonyl (C=O) groups excluding carboxylic acids is 1. The molecule has 2 aromatic carbocycles. The van der Waals surface area contributed by atoms with E-state index in [0.717, 1.165) is 39.1 Å². The van der Waals surface area contributed by atoms with Gasteiger partial charge in [-0.05, 0) is 43.1 Å². The highest BCUT2D eigenvalue weighted by Gasteiger charge is 2.21. The fourth-order valence-electron chi connectivity index (χ4n) is 3.18. The molecule has 2 aromatic rings. The van der Waals surface area contributed by atoms with Gasteiger partial charge in [-0.3, -0.25) is 9.69 Å². The van der Waals surface area contributed by atoms with Crippen molar-refractivity contribution in [3.05, 3.63) is 69.7 Å². The summed E-state index contributed by atoms with van der Waals surface area (Å²) < 4.78 is 5.90. The number of hydrogen-bond acceptors (Lipinski definition) is 3. The molecule has 0 radical (unpaired) electrons. The van der Waals surface area contributed by atoms with E-state index in [1.807, 2.05) is 18.2 Å². The average Bonchev–Trinajstić information content (AvgIpc) is 2.70. The van der Waals surface area contributed by atoms with Gasteiger partial charge in [0.1, 0.15) is 0 Å². The Kier molecular flexibility index (Phi) is 7.53. The average molecular weight is 407 g/mol. The van der Waals surface area contributed by atoms with Gasteiger partial charge in [-0.2, -0.15) is 0 Å². The topological polar surface area (TPSA) is 41.6 Å². The molecule has 1 N–H and O–H groups in total. The van der Waals surface area contributed by atoms with E-state index >= 15 is 0 Å². The first-order valence-corrected chi connectivity index (χ1v) is 10.0. The summed E-state index contributed by atoms with van der Waals surface area (Å²) in [6, 6.07) is 15.3. The highest BCUT2D eigenvalue weighted by molar-refractivity contribution is 6.42. The van der Waals surface area contributed by atoms with E-state index in [1.54, 1.807) is 18.2 Å². The minimum absolute atomic E-state index is 0.121. The van der Waals surface area contributed by atoms with E-state index in [0.29, 0.717) is 22.2 Å². The number of hydrogen-bond donors (Lipinski definition) is 1. The molecular formula is C21H24Cl2N2O2. The molecule has 1 heterocycles. The number of nitrogens with zero attached hydrogens (tertiary/aromatic N) is 1. The standard InChI is InChI=1S/C21H24Cl2N2O2/c22-18-9-8-17(14-19(18)23)21(26)24-10-4-5-11-25-12-13-27-20(15-25)16-6-2-1-3-7-16/h1-3,6-9,14,20H,4-5,10-13,15H2,(H,24,26). The number of rotatable bonds is 7. The van der Waals surface area contributed by atoms with Crippen LogP contribution in [-0.2, 0) is 4.74 Å². The minimum Gasteiger partial charge on any atom is -0.371 e. The molecule has 0 bridgehead atoms. The summed E-state index contributed by atoms with van der Waals surface area (Å²) in [5.41, 5.74) is 1.76. The first-order valence-electron chi connectivity index (χ1n) is 9.25. The molecule has 0 aliphatic carbocycles. The van der Waals surface area contributed by atoms with Crippen molar-refractivity contribution in [1.29, 1.82) is 0 Å². The Bertz CT molecular complexity index is 755. The number of carbonyl (C=O) groups is 1. The SMILES string of the molecule is O=C(NCCCCN1CCOC(c2ccccc2)C1)c1ccc(Cl)c(Cl)c1. The summed E-state index contributed by atoms with van der Waals surface area (Å²) in [4.78, 5) is 14.6. The highest BCUT2D eigenvalue weighted by atomic mass is 35.5. The van der Waals surface area contributed by atoms with Crippen LogP contribution < -0.4 is 5.32 Å². The molecule has 1 amide bonds. The number of halogens is 2. The van der Waals surface area contributed by atoms with Crippen LogP contribution in [0.2, 0.25) is 10.0 Å². The smallest absolute Gasteiger partial charge is 0.251 e. The van der Waals surface area contributed by atoms with Crippen molar-refractivity contribution in [2.75, 3.05) is 32.8 Å². The Hall–Kier alpha value is -1.59. The molecular weight excluding hydrogens is 383 g/mol. The van der Waals surface area contributed by atoms with Crippen molar-refractivity contribution in [3.8, 4) is 0 Å². The Balaban J connectivity index is 1.36. The van der Waals surface area contributed by atoms with Crippen LogP contribution in [0.1, 0.15) is 34.9 Å². The third-order valence-electron chi connectivity index (χ3n) is 4.69. The normalized spacial score (nSPS) is 17.6. The molecule has 1 saturated heterocycles. The van der Waals surface area contributed by atoms with Gasteiger partial charge in [0.05, 0.1) is 22.8 Å². The second kappa shape index (κ2) is 10.1. The molecule has 0 aromatic heterocycles. The largest absolute Gasteiger partial charge is 0.371 e. The maximum absolute atomic E-state index is 12.1. The third-order valence-corrected chi connectivity index (χ3v) is 5.43. The second-order valence-electron chi connectivity index (χ2n) is 6.66. The Morgan fingerprint density at radius 1 is 1.11 bits per heavy atom. The highest BCUT2D eigenvalue weighted by Crippen LogP contribution is 2.23. The van der Waals surface area contributed by atoms with Gasteiger partial charge in [-0.25, -0.2) is 0 Å².